The van der Waals surface area contributed by atoms with Crippen LogP contribution in [0.4, 0.5) is 4.79 Å². The summed E-state index contributed by atoms with van der Waals surface area (Å²) < 4.78 is 10.6. The molecule has 4 N–H and O–H groups in total. The molecule has 0 aliphatic carbocycles. The molecule has 0 bridgehead atoms. The number of aryl methyl sites for hydroxylation is 1. The molecule has 1 aliphatic heterocycles. The number of hydrogen-bond donors (Lipinski definition) is 4. The summed E-state index contributed by atoms with van der Waals surface area (Å²) in [6, 6.07) is 9.45. The van der Waals surface area contributed by atoms with Crippen molar-refractivity contribution in [2.75, 3.05) is 13.7 Å². The van der Waals surface area contributed by atoms with Gasteiger partial charge in [0.1, 0.15) is 18.0 Å². The second-order valence-corrected chi connectivity index (χ2v) is 6.60. The molecule has 1 amide bonds. The molecule has 8 nitrogen and oxygen atoms in total. The third-order valence-corrected chi connectivity index (χ3v) is 4.69. The molecule has 0 saturated carbocycles. The number of aromatic nitrogens is 2. The number of nitrogens with one attached hydrogen (secondary N) is 3. The largest absolute Gasteiger partial charge is 0.497 e. The lowest BCUT2D eigenvalue weighted by Gasteiger charge is -2.22. The van der Waals surface area contributed by atoms with E-state index >= 15 is 0 Å². The summed E-state index contributed by atoms with van der Waals surface area (Å²) >= 11 is 0. The zero-order valence-electron chi connectivity index (χ0n) is 15.6. The maximum atomic E-state index is 12.2. The van der Waals surface area contributed by atoms with Crippen molar-refractivity contribution in [3.05, 3.63) is 47.3 Å². The van der Waals surface area contributed by atoms with Crippen LogP contribution in [-0.4, -0.2) is 53.3 Å². The molecule has 1 fully saturated rings. The lowest BCUT2D eigenvalue weighted by molar-refractivity contribution is 0.0187. The number of rotatable bonds is 7. The summed E-state index contributed by atoms with van der Waals surface area (Å²) in [6.45, 7) is 2.70. The fourth-order valence-electron chi connectivity index (χ4n) is 3.15. The Balaban J connectivity index is 1.53. The van der Waals surface area contributed by atoms with E-state index in [0.717, 1.165) is 29.1 Å². The summed E-state index contributed by atoms with van der Waals surface area (Å²) in [4.78, 5) is 12.2. The molecule has 3 rings (SSSR count). The van der Waals surface area contributed by atoms with Crippen molar-refractivity contribution in [3.63, 3.8) is 0 Å². The third kappa shape index (κ3) is 4.99. The number of β-amino-alcohol motifs (C(OH)–C–C–N with tert-alkyl or cyclic N) is 1. The number of ether oxygens (including phenoxy) is 2. The number of alkyl carbamates (subject to hydrolysis) is 1. The second kappa shape index (κ2) is 8.88. The molecule has 3 atom stereocenters. The Morgan fingerprint density at radius 2 is 2.15 bits per heavy atom. The van der Waals surface area contributed by atoms with Crippen molar-refractivity contribution in [2.24, 2.45) is 0 Å². The Kier molecular flexibility index (Phi) is 6.31. The van der Waals surface area contributed by atoms with Gasteiger partial charge >= 0.3 is 6.09 Å². The molecule has 2 heterocycles. The molecule has 146 valence electrons. The number of aliphatic hydroxyl groups is 1. The predicted octanol–water partition coefficient (Wildman–Crippen LogP) is 1.15. The lowest BCUT2D eigenvalue weighted by atomic mass is 10.0. The van der Waals surface area contributed by atoms with Gasteiger partial charge in [-0.05, 0) is 36.6 Å². The van der Waals surface area contributed by atoms with Crippen LogP contribution in [0.1, 0.15) is 23.9 Å². The van der Waals surface area contributed by atoms with Gasteiger partial charge in [-0.3, -0.25) is 5.10 Å². The van der Waals surface area contributed by atoms with Crippen LogP contribution >= 0.6 is 0 Å². The highest BCUT2D eigenvalue weighted by atomic mass is 16.6. The summed E-state index contributed by atoms with van der Waals surface area (Å²) in [5.74, 6) is 0.787. The molecule has 1 aliphatic rings. The van der Waals surface area contributed by atoms with Crippen LogP contribution in [0.25, 0.3) is 0 Å². The van der Waals surface area contributed by atoms with Gasteiger partial charge in [-0.15, -0.1) is 0 Å². The Bertz CT molecular complexity index is 746. The maximum absolute atomic E-state index is 12.2. The molecule has 8 heteroatoms. The first-order valence-corrected chi connectivity index (χ1v) is 9.11. The van der Waals surface area contributed by atoms with Crippen molar-refractivity contribution in [2.45, 2.75) is 44.6 Å². The van der Waals surface area contributed by atoms with Crippen LogP contribution < -0.4 is 15.4 Å². The normalized spacial score (nSPS) is 21.8. The Labute approximate surface area is 158 Å². The molecule has 1 aromatic heterocycles. The molecule has 0 spiro atoms. The average Bonchev–Trinajstić information content (AvgIpc) is 3.28. The Morgan fingerprint density at radius 3 is 2.81 bits per heavy atom. The van der Waals surface area contributed by atoms with Gasteiger partial charge in [-0.25, -0.2) is 4.79 Å². The van der Waals surface area contributed by atoms with Gasteiger partial charge in [0.25, 0.3) is 0 Å². The molecule has 0 radical (unpaired) electrons. The van der Waals surface area contributed by atoms with E-state index in [-0.39, 0.29) is 6.04 Å². The first-order chi connectivity index (χ1) is 13.1. The number of benzene rings is 1. The quantitative estimate of drug-likeness (QED) is 0.579. The summed E-state index contributed by atoms with van der Waals surface area (Å²) in [6.07, 6.45) is -0.444. The van der Waals surface area contributed by atoms with Crippen LogP contribution in [0.2, 0.25) is 0 Å². The number of aliphatic hydroxyl groups excluding tert-OH is 1. The maximum Gasteiger partial charge on any atom is 0.407 e. The van der Waals surface area contributed by atoms with Crippen LogP contribution in [0.5, 0.6) is 5.75 Å². The number of nitrogens with zero attached hydrogens (tertiary/aromatic N) is 1. The molecule has 0 unspecified atom stereocenters. The van der Waals surface area contributed by atoms with Crippen molar-refractivity contribution in [1.29, 1.82) is 0 Å². The van der Waals surface area contributed by atoms with E-state index in [4.69, 9.17) is 9.47 Å². The van der Waals surface area contributed by atoms with Gasteiger partial charge in [-0.2, -0.15) is 5.10 Å². The Morgan fingerprint density at radius 1 is 1.37 bits per heavy atom. The number of carbonyl (C=O) groups excluding carboxylic acids is 1. The standard InChI is InChI=1S/C19H26N4O4/c1-3-13-9-14(23-22-13)10-21-19(25)27-18-16(20-11-17(18)24)8-12-4-6-15(26-2)7-5-12/h4-7,9,16-18,20,24H,3,8,10-11H2,1-2H3,(H,21,25)(H,22,23)/t16-,17+,18+/m1/s1. The third-order valence-electron chi connectivity index (χ3n) is 4.69. The van der Waals surface area contributed by atoms with Gasteiger partial charge in [-0.1, -0.05) is 19.1 Å². The van der Waals surface area contributed by atoms with E-state index in [0.29, 0.717) is 19.5 Å². The van der Waals surface area contributed by atoms with E-state index in [1.807, 2.05) is 37.3 Å². The lowest BCUT2D eigenvalue weighted by Crippen LogP contribution is -2.41. The monoisotopic (exact) mass is 374 g/mol. The molecule has 2 aromatic rings. The van der Waals surface area contributed by atoms with Gasteiger partial charge < -0.3 is 25.2 Å². The minimum absolute atomic E-state index is 0.155. The van der Waals surface area contributed by atoms with Gasteiger partial charge in [0, 0.05) is 6.54 Å². The summed E-state index contributed by atoms with van der Waals surface area (Å²) in [5, 5.41) is 23.1. The van der Waals surface area contributed by atoms with Gasteiger partial charge in [0.2, 0.25) is 0 Å². The topological polar surface area (TPSA) is 109 Å². The van der Waals surface area contributed by atoms with Crippen molar-refractivity contribution in [1.82, 2.24) is 20.8 Å². The van der Waals surface area contributed by atoms with Crippen LogP contribution in [0, 0.1) is 0 Å². The first kappa shape index (κ1) is 19.2. The molecule has 1 saturated heterocycles. The fraction of sp³-hybridized carbons (Fsp3) is 0.474. The highest BCUT2D eigenvalue weighted by Gasteiger charge is 2.37. The number of hydrogen-bond acceptors (Lipinski definition) is 6. The molecule has 27 heavy (non-hydrogen) atoms. The first-order valence-electron chi connectivity index (χ1n) is 9.11. The van der Waals surface area contributed by atoms with Gasteiger partial charge in [0.05, 0.1) is 31.1 Å². The van der Waals surface area contributed by atoms with Crippen LogP contribution in [-0.2, 0) is 24.1 Å². The zero-order chi connectivity index (χ0) is 19.2. The average molecular weight is 374 g/mol. The van der Waals surface area contributed by atoms with E-state index in [2.05, 4.69) is 20.8 Å². The smallest absolute Gasteiger partial charge is 0.407 e. The highest BCUT2D eigenvalue weighted by molar-refractivity contribution is 5.67. The minimum Gasteiger partial charge on any atom is -0.497 e. The van der Waals surface area contributed by atoms with Crippen molar-refractivity contribution in [3.8, 4) is 5.75 Å². The predicted molar refractivity (Wildman–Crippen MR) is 99.6 cm³/mol. The van der Waals surface area contributed by atoms with E-state index < -0.39 is 18.3 Å². The number of methoxy groups -OCH3 is 1. The molecular formula is C19H26N4O4. The number of aromatic amines is 1. The van der Waals surface area contributed by atoms with E-state index in [9.17, 15) is 9.90 Å². The second-order valence-electron chi connectivity index (χ2n) is 6.60. The van der Waals surface area contributed by atoms with Crippen molar-refractivity contribution >= 4 is 6.09 Å². The van der Waals surface area contributed by atoms with Gasteiger partial charge in [0.15, 0.2) is 0 Å². The van der Waals surface area contributed by atoms with Crippen LogP contribution in [0.3, 0.4) is 0 Å². The number of amides is 1. The number of H-pyrrole nitrogens is 1. The SMILES string of the molecule is CCc1cc(CNC(=O)O[C@@H]2[C@@H](O)CN[C@@H]2Cc2ccc(OC)cc2)[nH]n1. The molecule has 1 aromatic carbocycles. The zero-order valence-corrected chi connectivity index (χ0v) is 15.6. The summed E-state index contributed by atoms with van der Waals surface area (Å²) in [7, 11) is 1.62. The van der Waals surface area contributed by atoms with E-state index in [1.54, 1.807) is 7.11 Å². The van der Waals surface area contributed by atoms with E-state index in [1.165, 1.54) is 0 Å². The minimum atomic E-state index is -0.738. The molecular weight excluding hydrogens is 348 g/mol. The highest BCUT2D eigenvalue weighted by Crippen LogP contribution is 2.19. The van der Waals surface area contributed by atoms with Crippen LogP contribution in [0.15, 0.2) is 30.3 Å². The fourth-order valence-corrected chi connectivity index (χ4v) is 3.15. The van der Waals surface area contributed by atoms with Crippen molar-refractivity contribution < 1.29 is 19.4 Å². The number of carbonyl (C=O) groups is 1. The summed E-state index contributed by atoms with van der Waals surface area (Å²) in [5.41, 5.74) is 2.82. The Hall–Kier alpha value is -2.58.